The van der Waals surface area contributed by atoms with Gasteiger partial charge in [0.25, 0.3) is 0 Å². The third kappa shape index (κ3) is 3.51. The summed E-state index contributed by atoms with van der Waals surface area (Å²) in [7, 11) is 3.17. The number of rotatable bonds is 6. The van der Waals surface area contributed by atoms with Crippen LogP contribution in [0.5, 0.6) is 11.5 Å². The Kier molecular flexibility index (Phi) is 4.58. The molecule has 1 atom stereocenters. The van der Waals surface area contributed by atoms with Gasteiger partial charge >= 0.3 is 0 Å². The zero-order valence-corrected chi connectivity index (χ0v) is 13.8. The van der Waals surface area contributed by atoms with Crippen LogP contribution in [0.2, 0.25) is 0 Å². The summed E-state index contributed by atoms with van der Waals surface area (Å²) in [5.41, 5.74) is 1.83. The Hall–Kier alpha value is -2.39. The molecular weight excluding hydrogens is 310 g/mol. The van der Waals surface area contributed by atoms with E-state index in [0.29, 0.717) is 23.1 Å². The quantitative estimate of drug-likeness (QED) is 0.751. The van der Waals surface area contributed by atoms with Crippen molar-refractivity contribution in [3.05, 3.63) is 34.3 Å². The van der Waals surface area contributed by atoms with Crippen LogP contribution >= 0.6 is 11.3 Å². The van der Waals surface area contributed by atoms with Gasteiger partial charge in [-0.05, 0) is 25.0 Å². The van der Waals surface area contributed by atoms with Crippen molar-refractivity contribution >= 4 is 23.2 Å². The zero-order chi connectivity index (χ0) is 16.2. The van der Waals surface area contributed by atoms with Gasteiger partial charge in [0.1, 0.15) is 10.9 Å². The van der Waals surface area contributed by atoms with E-state index in [9.17, 15) is 5.26 Å². The van der Waals surface area contributed by atoms with E-state index in [1.165, 1.54) is 24.2 Å². The maximum atomic E-state index is 9.38. The lowest BCUT2D eigenvalue weighted by atomic mass is 10.2. The molecule has 0 amide bonds. The molecule has 0 bridgehead atoms. The number of hydrogen-bond donors (Lipinski definition) is 0. The summed E-state index contributed by atoms with van der Waals surface area (Å²) in [6, 6.07) is 7.65. The van der Waals surface area contributed by atoms with E-state index in [4.69, 9.17) is 9.47 Å². The van der Waals surface area contributed by atoms with Crippen molar-refractivity contribution in [1.29, 1.82) is 5.26 Å². The van der Waals surface area contributed by atoms with Crippen LogP contribution in [-0.4, -0.2) is 25.4 Å². The molecule has 1 fully saturated rings. The fourth-order valence-electron chi connectivity index (χ4n) is 2.23. The number of methoxy groups -OCH3 is 2. The normalized spacial score (nSPS) is 15.3. The highest BCUT2D eigenvalue weighted by Gasteiger charge is 2.27. The van der Waals surface area contributed by atoms with Crippen molar-refractivity contribution in [1.82, 2.24) is 4.98 Å². The molecule has 0 saturated heterocycles. The number of aromatic nitrogens is 1. The summed E-state index contributed by atoms with van der Waals surface area (Å²) < 4.78 is 10.5. The van der Waals surface area contributed by atoms with E-state index < -0.39 is 5.92 Å². The second-order valence-electron chi connectivity index (χ2n) is 5.31. The molecular formula is C17H17N3O2S. The Morgan fingerprint density at radius 2 is 2.13 bits per heavy atom. The first kappa shape index (κ1) is 15.5. The number of hydrogen-bond acceptors (Lipinski definition) is 6. The molecule has 1 aromatic heterocycles. The van der Waals surface area contributed by atoms with Crippen LogP contribution in [0.15, 0.2) is 28.6 Å². The van der Waals surface area contributed by atoms with E-state index in [2.05, 4.69) is 21.4 Å². The predicted octanol–water partition coefficient (Wildman–Crippen LogP) is 4.05. The van der Waals surface area contributed by atoms with Crippen molar-refractivity contribution in [2.75, 3.05) is 14.2 Å². The van der Waals surface area contributed by atoms with Gasteiger partial charge in [0.05, 0.1) is 31.7 Å². The fraction of sp³-hybridized carbons (Fsp3) is 0.353. The van der Waals surface area contributed by atoms with Gasteiger partial charge in [-0.25, -0.2) is 4.98 Å². The topological polar surface area (TPSA) is 67.5 Å². The standard InChI is InChI=1S/C17H17N3O2S/c1-21-15-6-5-13(7-16(15)22-2)19-9-12(8-18)17-20-14(10-23-17)11-3-4-11/h5-7,9-12H,3-4H2,1-2H3. The molecule has 1 aliphatic carbocycles. The Morgan fingerprint density at radius 3 is 2.78 bits per heavy atom. The lowest BCUT2D eigenvalue weighted by molar-refractivity contribution is 0.355. The van der Waals surface area contributed by atoms with Crippen LogP contribution in [0.25, 0.3) is 0 Å². The first-order valence-corrected chi connectivity index (χ1v) is 8.24. The first-order chi connectivity index (χ1) is 11.2. The molecule has 1 saturated carbocycles. The molecule has 6 heteroatoms. The van der Waals surface area contributed by atoms with Gasteiger partial charge in [-0.3, -0.25) is 4.99 Å². The average Bonchev–Trinajstić information content (AvgIpc) is 3.33. The summed E-state index contributed by atoms with van der Waals surface area (Å²) in [5, 5.41) is 12.2. The molecule has 0 radical (unpaired) electrons. The van der Waals surface area contributed by atoms with Crippen molar-refractivity contribution < 1.29 is 9.47 Å². The molecule has 1 aromatic carbocycles. The Labute approximate surface area is 139 Å². The smallest absolute Gasteiger partial charge is 0.162 e. The average molecular weight is 327 g/mol. The maximum absolute atomic E-state index is 9.38. The third-order valence-corrected chi connectivity index (χ3v) is 4.63. The summed E-state index contributed by atoms with van der Waals surface area (Å²) in [6.07, 6.45) is 4.05. The molecule has 0 aliphatic heterocycles. The third-order valence-electron chi connectivity index (χ3n) is 3.68. The number of nitriles is 1. The van der Waals surface area contributed by atoms with Gasteiger partial charge in [-0.1, -0.05) is 0 Å². The molecule has 23 heavy (non-hydrogen) atoms. The Balaban J connectivity index is 1.77. The van der Waals surface area contributed by atoms with E-state index in [-0.39, 0.29) is 0 Å². The summed E-state index contributed by atoms with van der Waals surface area (Å²) in [5.74, 6) is 1.43. The number of aliphatic imine (C=N–C) groups is 1. The highest BCUT2D eigenvalue weighted by atomic mass is 32.1. The summed E-state index contributed by atoms with van der Waals surface area (Å²) in [4.78, 5) is 8.97. The molecule has 1 unspecified atom stereocenters. The van der Waals surface area contributed by atoms with Crippen LogP contribution in [0.4, 0.5) is 5.69 Å². The highest BCUT2D eigenvalue weighted by molar-refractivity contribution is 7.09. The molecule has 0 N–H and O–H groups in total. The van der Waals surface area contributed by atoms with E-state index in [0.717, 1.165) is 10.7 Å². The molecule has 1 heterocycles. The number of ether oxygens (including phenoxy) is 2. The lowest BCUT2D eigenvalue weighted by Gasteiger charge is -2.07. The van der Waals surface area contributed by atoms with Crippen molar-refractivity contribution in [2.45, 2.75) is 24.7 Å². The molecule has 5 nitrogen and oxygen atoms in total. The minimum Gasteiger partial charge on any atom is -0.493 e. The zero-order valence-electron chi connectivity index (χ0n) is 13.0. The maximum Gasteiger partial charge on any atom is 0.162 e. The van der Waals surface area contributed by atoms with Crippen LogP contribution in [0, 0.1) is 11.3 Å². The number of thiazole rings is 1. The van der Waals surface area contributed by atoms with Crippen molar-refractivity contribution in [2.24, 2.45) is 4.99 Å². The van der Waals surface area contributed by atoms with E-state index in [1.807, 2.05) is 6.07 Å². The summed E-state index contributed by atoms with van der Waals surface area (Å²) >= 11 is 1.53. The van der Waals surface area contributed by atoms with Crippen LogP contribution in [0.1, 0.15) is 35.4 Å². The second kappa shape index (κ2) is 6.80. The summed E-state index contributed by atoms with van der Waals surface area (Å²) in [6.45, 7) is 0. The SMILES string of the molecule is COc1ccc(N=CC(C#N)c2nc(C3CC3)cs2)cc1OC. The van der Waals surface area contributed by atoms with E-state index in [1.54, 1.807) is 32.6 Å². The highest BCUT2D eigenvalue weighted by Crippen LogP contribution is 2.40. The van der Waals surface area contributed by atoms with Crippen LogP contribution in [0.3, 0.4) is 0 Å². The van der Waals surface area contributed by atoms with Crippen molar-refractivity contribution in [3.8, 4) is 17.6 Å². The molecule has 0 spiro atoms. The second-order valence-corrected chi connectivity index (χ2v) is 6.20. The predicted molar refractivity (Wildman–Crippen MR) is 90.1 cm³/mol. The Bertz CT molecular complexity index is 759. The fourth-order valence-corrected chi connectivity index (χ4v) is 3.13. The number of benzene rings is 1. The van der Waals surface area contributed by atoms with Gasteiger partial charge in [0.15, 0.2) is 11.5 Å². The molecule has 1 aliphatic rings. The Morgan fingerprint density at radius 1 is 1.35 bits per heavy atom. The van der Waals surface area contributed by atoms with Gasteiger partial charge in [0.2, 0.25) is 0 Å². The van der Waals surface area contributed by atoms with Crippen LogP contribution < -0.4 is 9.47 Å². The monoisotopic (exact) mass is 327 g/mol. The first-order valence-electron chi connectivity index (χ1n) is 7.36. The minimum absolute atomic E-state index is 0.430. The van der Waals surface area contributed by atoms with Gasteiger partial charge < -0.3 is 9.47 Å². The lowest BCUT2D eigenvalue weighted by Crippen LogP contribution is -1.97. The van der Waals surface area contributed by atoms with Crippen LogP contribution in [-0.2, 0) is 0 Å². The molecule has 2 aromatic rings. The molecule has 118 valence electrons. The van der Waals surface area contributed by atoms with E-state index >= 15 is 0 Å². The van der Waals surface area contributed by atoms with Crippen molar-refractivity contribution in [3.63, 3.8) is 0 Å². The van der Waals surface area contributed by atoms with Gasteiger partial charge in [-0.2, -0.15) is 5.26 Å². The molecule has 3 rings (SSSR count). The number of nitrogens with zero attached hydrogens (tertiary/aromatic N) is 3. The minimum atomic E-state index is -0.430. The largest absolute Gasteiger partial charge is 0.493 e. The van der Waals surface area contributed by atoms with Gasteiger partial charge in [-0.15, -0.1) is 11.3 Å². The van der Waals surface area contributed by atoms with Gasteiger partial charge in [0, 0.05) is 23.6 Å².